The number of amides is 1. The third-order valence-electron chi connectivity index (χ3n) is 3.84. The van der Waals surface area contributed by atoms with Crippen LogP contribution in [0, 0.1) is 0 Å². The van der Waals surface area contributed by atoms with Crippen molar-refractivity contribution in [2.45, 2.75) is 25.8 Å². The molecular formula is C15H30IN5O3S. The van der Waals surface area contributed by atoms with Crippen molar-refractivity contribution in [3.63, 3.8) is 0 Å². The zero-order valence-corrected chi connectivity index (χ0v) is 18.3. The van der Waals surface area contributed by atoms with Crippen molar-refractivity contribution >= 4 is 45.9 Å². The number of aliphatic imine (C=N–C) groups is 1. The Labute approximate surface area is 168 Å². The van der Waals surface area contributed by atoms with E-state index < -0.39 is 10.0 Å². The van der Waals surface area contributed by atoms with Gasteiger partial charge in [-0.15, -0.1) is 30.6 Å². The maximum atomic E-state index is 11.9. The summed E-state index contributed by atoms with van der Waals surface area (Å²) < 4.78 is 25.3. The molecule has 0 radical (unpaired) electrons. The summed E-state index contributed by atoms with van der Waals surface area (Å²) >= 11 is 0. The minimum atomic E-state index is -3.12. The summed E-state index contributed by atoms with van der Waals surface area (Å²) in [5.41, 5.74) is 0. The van der Waals surface area contributed by atoms with Crippen LogP contribution in [0.1, 0.15) is 19.8 Å². The first-order chi connectivity index (χ1) is 11.3. The Balaban J connectivity index is 0.00000576. The highest BCUT2D eigenvalue weighted by Crippen LogP contribution is 2.14. The lowest BCUT2D eigenvalue weighted by atomic mass is 10.1. The molecule has 25 heavy (non-hydrogen) atoms. The highest BCUT2D eigenvalue weighted by Gasteiger charge is 2.27. The van der Waals surface area contributed by atoms with Gasteiger partial charge in [0, 0.05) is 39.8 Å². The molecule has 0 aromatic carbocycles. The van der Waals surface area contributed by atoms with Gasteiger partial charge >= 0.3 is 0 Å². The van der Waals surface area contributed by atoms with Crippen molar-refractivity contribution in [1.29, 1.82) is 0 Å². The number of halogens is 1. The first-order valence-electron chi connectivity index (χ1n) is 8.13. The van der Waals surface area contributed by atoms with Crippen molar-refractivity contribution in [2.24, 2.45) is 4.99 Å². The third kappa shape index (κ3) is 8.36. The molecule has 0 bridgehead atoms. The minimum Gasteiger partial charge on any atom is -0.354 e. The zero-order valence-electron chi connectivity index (χ0n) is 15.2. The molecule has 1 aliphatic rings. The molecule has 2 N–H and O–H groups in total. The summed E-state index contributed by atoms with van der Waals surface area (Å²) in [6, 6.07) is 0.124. The second kappa shape index (κ2) is 11.7. The molecule has 1 heterocycles. The largest absolute Gasteiger partial charge is 0.354 e. The molecule has 0 aliphatic carbocycles. The summed E-state index contributed by atoms with van der Waals surface area (Å²) in [6.45, 7) is 6.90. The Morgan fingerprint density at radius 1 is 1.36 bits per heavy atom. The second-order valence-electron chi connectivity index (χ2n) is 5.84. The standard InChI is InChI=1S/C15H29N5O3S.HI/c1-5-9-16-15(17-12-14(21)19(3)4)18-13-7-10-20(11-8-13)24(22,23)6-2;/h5,13H,1,6-12H2,2-4H3,(H2,16,17,18);1H. The topological polar surface area (TPSA) is 94.1 Å². The maximum Gasteiger partial charge on any atom is 0.243 e. The monoisotopic (exact) mass is 487 g/mol. The van der Waals surface area contributed by atoms with E-state index in [4.69, 9.17) is 0 Å². The predicted molar refractivity (Wildman–Crippen MR) is 112 cm³/mol. The molecular weight excluding hydrogens is 457 g/mol. The molecule has 0 unspecified atom stereocenters. The second-order valence-corrected chi connectivity index (χ2v) is 8.10. The summed E-state index contributed by atoms with van der Waals surface area (Å²) in [6.07, 6.45) is 3.12. The number of piperidine rings is 1. The quantitative estimate of drug-likeness (QED) is 0.232. The molecule has 0 atom stereocenters. The number of carbonyl (C=O) groups excluding carboxylic acids is 1. The summed E-state index contributed by atoms with van der Waals surface area (Å²) in [4.78, 5) is 17.4. The lowest BCUT2D eigenvalue weighted by Crippen LogP contribution is -2.50. The van der Waals surface area contributed by atoms with Gasteiger partial charge in [-0.25, -0.2) is 17.7 Å². The highest BCUT2D eigenvalue weighted by molar-refractivity contribution is 14.0. The smallest absolute Gasteiger partial charge is 0.243 e. The van der Waals surface area contributed by atoms with E-state index in [9.17, 15) is 13.2 Å². The Hall–Kier alpha value is -0.880. The van der Waals surface area contributed by atoms with E-state index >= 15 is 0 Å². The summed E-state index contributed by atoms with van der Waals surface area (Å²) in [7, 11) is 0.251. The molecule has 0 spiro atoms. The first-order valence-corrected chi connectivity index (χ1v) is 9.74. The van der Waals surface area contributed by atoms with Gasteiger partial charge in [0.15, 0.2) is 5.96 Å². The van der Waals surface area contributed by atoms with E-state index in [1.807, 2.05) is 0 Å². The maximum absolute atomic E-state index is 11.9. The van der Waals surface area contributed by atoms with Crippen LogP contribution in [0.3, 0.4) is 0 Å². The molecule has 1 aliphatic heterocycles. The van der Waals surface area contributed by atoms with Crippen molar-refractivity contribution in [3.05, 3.63) is 12.7 Å². The Bertz CT molecular complexity index is 558. The normalized spacial score (nSPS) is 16.7. The lowest BCUT2D eigenvalue weighted by Gasteiger charge is -2.32. The van der Waals surface area contributed by atoms with Gasteiger partial charge in [0.2, 0.25) is 15.9 Å². The van der Waals surface area contributed by atoms with E-state index in [1.54, 1.807) is 27.1 Å². The van der Waals surface area contributed by atoms with Gasteiger partial charge in [-0.05, 0) is 19.8 Å². The first kappa shape index (κ1) is 24.1. The average Bonchev–Trinajstić information content (AvgIpc) is 2.57. The van der Waals surface area contributed by atoms with E-state index in [2.05, 4.69) is 22.2 Å². The van der Waals surface area contributed by atoms with Crippen molar-refractivity contribution in [2.75, 3.05) is 46.0 Å². The van der Waals surface area contributed by atoms with Gasteiger partial charge < -0.3 is 15.5 Å². The van der Waals surface area contributed by atoms with E-state index in [0.29, 0.717) is 38.4 Å². The van der Waals surface area contributed by atoms with Gasteiger partial charge in [-0.2, -0.15) is 0 Å². The Morgan fingerprint density at radius 2 is 1.96 bits per heavy atom. The molecule has 1 fully saturated rings. The molecule has 10 heteroatoms. The molecule has 1 saturated heterocycles. The van der Waals surface area contributed by atoms with E-state index in [-0.39, 0.29) is 48.2 Å². The van der Waals surface area contributed by atoms with E-state index in [1.165, 1.54) is 9.21 Å². The summed E-state index contributed by atoms with van der Waals surface area (Å²) in [5.74, 6) is 0.589. The number of nitrogens with one attached hydrogen (secondary N) is 2. The lowest BCUT2D eigenvalue weighted by molar-refractivity contribution is -0.127. The molecule has 8 nitrogen and oxygen atoms in total. The Morgan fingerprint density at radius 3 is 2.44 bits per heavy atom. The van der Waals surface area contributed by atoms with E-state index in [0.717, 1.165) is 0 Å². The number of rotatable bonds is 7. The fourth-order valence-corrected chi connectivity index (χ4v) is 3.40. The zero-order chi connectivity index (χ0) is 18.2. The van der Waals surface area contributed by atoms with Crippen LogP contribution in [0.25, 0.3) is 0 Å². The number of sulfonamides is 1. The van der Waals surface area contributed by atoms with Gasteiger partial charge in [-0.1, -0.05) is 6.08 Å². The van der Waals surface area contributed by atoms with Crippen molar-refractivity contribution < 1.29 is 13.2 Å². The van der Waals surface area contributed by atoms with Crippen LogP contribution in [0.4, 0.5) is 0 Å². The van der Waals surface area contributed by atoms with Crippen LogP contribution in [-0.4, -0.2) is 81.6 Å². The SMILES string of the molecule is C=CCNC(=NCC(=O)N(C)C)NC1CCN(S(=O)(=O)CC)CC1.I. The van der Waals surface area contributed by atoms with Crippen LogP contribution in [0.5, 0.6) is 0 Å². The fourth-order valence-electron chi connectivity index (χ4n) is 2.26. The van der Waals surface area contributed by atoms with Crippen LogP contribution < -0.4 is 10.6 Å². The molecule has 146 valence electrons. The number of hydrogen-bond acceptors (Lipinski definition) is 4. The minimum absolute atomic E-state index is 0. The molecule has 1 amide bonds. The predicted octanol–water partition coefficient (Wildman–Crippen LogP) is 0.228. The van der Waals surface area contributed by atoms with Gasteiger partial charge in [-0.3, -0.25) is 4.79 Å². The van der Waals surface area contributed by atoms with Gasteiger partial charge in [0.05, 0.1) is 5.75 Å². The van der Waals surface area contributed by atoms with Gasteiger partial charge in [0.25, 0.3) is 0 Å². The Kier molecular flexibility index (Phi) is 11.3. The number of nitrogens with zero attached hydrogens (tertiary/aromatic N) is 3. The number of guanidine groups is 1. The van der Waals surface area contributed by atoms with Crippen LogP contribution >= 0.6 is 24.0 Å². The molecule has 0 aromatic heterocycles. The average molecular weight is 487 g/mol. The molecule has 1 rings (SSSR count). The van der Waals surface area contributed by atoms with Crippen LogP contribution in [0.15, 0.2) is 17.6 Å². The van der Waals surface area contributed by atoms with Crippen LogP contribution in [-0.2, 0) is 14.8 Å². The fraction of sp³-hybridized carbons (Fsp3) is 0.733. The summed E-state index contributed by atoms with van der Waals surface area (Å²) in [5, 5.41) is 6.36. The molecule has 0 aromatic rings. The van der Waals surface area contributed by atoms with Gasteiger partial charge in [0.1, 0.15) is 6.54 Å². The number of carbonyl (C=O) groups is 1. The van der Waals surface area contributed by atoms with Crippen LogP contribution in [0.2, 0.25) is 0 Å². The molecule has 0 saturated carbocycles. The van der Waals surface area contributed by atoms with Crippen molar-refractivity contribution in [3.8, 4) is 0 Å². The highest BCUT2D eigenvalue weighted by atomic mass is 127. The number of hydrogen-bond donors (Lipinski definition) is 2. The number of likely N-dealkylation sites (N-methyl/N-ethyl adjacent to an activating group) is 1. The third-order valence-corrected chi connectivity index (χ3v) is 5.72. The van der Waals surface area contributed by atoms with Crippen molar-refractivity contribution in [1.82, 2.24) is 19.8 Å².